The lowest BCUT2D eigenvalue weighted by atomic mass is 10.2. The van der Waals surface area contributed by atoms with Gasteiger partial charge in [-0.25, -0.2) is 0 Å². The van der Waals surface area contributed by atoms with E-state index in [1.807, 2.05) is 68.4 Å². The van der Waals surface area contributed by atoms with E-state index >= 15 is 0 Å². The lowest BCUT2D eigenvalue weighted by molar-refractivity contribution is 0.128. The number of rotatable bonds is 8. The van der Waals surface area contributed by atoms with Crippen molar-refractivity contribution < 1.29 is 9.47 Å². The van der Waals surface area contributed by atoms with Gasteiger partial charge in [0.1, 0.15) is 5.75 Å². The maximum absolute atomic E-state index is 5.87. The molecule has 0 saturated carbocycles. The third kappa shape index (κ3) is 8.74. The van der Waals surface area contributed by atoms with Crippen molar-refractivity contribution in [3.05, 3.63) is 60.2 Å². The van der Waals surface area contributed by atoms with Gasteiger partial charge in [-0.3, -0.25) is 4.99 Å². The van der Waals surface area contributed by atoms with Crippen LogP contribution in [-0.4, -0.2) is 25.2 Å². The van der Waals surface area contributed by atoms with Crippen molar-refractivity contribution in [1.82, 2.24) is 0 Å². The Hall–Kier alpha value is -1.80. The molecule has 0 unspecified atom stereocenters. The first-order chi connectivity index (χ1) is 11.6. The van der Waals surface area contributed by atoms with E-state index in [1.165, 1.54) is 0 Å². The van der Waals surface area contributed by atoms with Crippen molar-refractivity contribution in [1.29, 1.82) is 0 Å². The molecule has 0 aromatic heterocycles. The number of benzene rings is 2. The molecule has 2 aromatic carbocycles. The Bertz CT molecular complexity index is 631. The average Bonchev–Trinajstić information content (AvgIpc) is 2.57. The standard InChI is InChI=1S/C19H25N3O2.HI/c1-15(2)24-18-10-8-17(9-11-18)22-19(20)21-12-13-23-14-16-6-4-3-5-7-16;/h3-11,15H,12-14H2,1-2H3,(H3,20,21,22);1H. The predicted molar refractivity (Wildman–Crippen MR) is 114 cm³/mol. The average molecular weight is 455 g/mol. The molecule has 0 saturated heterocycles. The second-order valence-corrected chi connectivity index (χ2v) is 5.62. The summed E-state index contributed by atoms with van der Waals surface area (Å²) in [6.45, 7) is 5.62. The summed E-state index contributed by atoms with van der Waals surface area (Å²) in [6.07, 6.45) is 0.159. The van der Waals surface area contributed by atoms with Crippen LogP contribution >= 0.6 is 24.0 Å². The summed E-state index contributed by atoms with van der Waals surface area (Å²) in [7, 11) is 0. The summed E-state index contributed by atoms with van der Waals surface area (Å²) in [5.74, 6) is 1.20. The van der Waals surface area contributed by atoms with Crippen LogP contribution in [0.4, 0.5) is 5.69 Å². The highest BCUT2D eigenvalue weighted by molar-refractivity contribution is 14.0. The van der Waals surface area contributed by atoms with Gasteiger partial charge in [0.25, 0.3) is 0 Å². The van der Waals surface area contributed by atoms with Gasteiger partial charge in [-0.2, -0.15) is 0 Å². The van der Waals surface area contributed by atoms with Gasteiger partial charge >= 0.3 is 0 Å². The van der Waals surface area contributed by atoms with E-state index in [2.05, 4.69) is 10.3 Å². The molecule has 0 fully saturated rings. The quantitative estimate of drug-likeness (QED) is 0.273. The van der Waals surface area contributed by atoms with Crippen LogP contribution in [0.5, 0.6) is 5.75 Å². The molecule has 2 rings (SSSR count). The first-order valence-electron chi connectivity index (χ1n) is 8.09. The second-order valence-electron chi connectivity index (χ2n) is 5.62. The van der Waals surface area contributed by atoms with E-state index in [0.717, 1.165) is 17.0 Å². The molecule has 136 valence electrons. The van der Waals surface area contributed by atoms with Crippen LogP contribution in [0.15, 0.2) is 59.6 Å². The number of aliphatic imine (C=N–C) groups is 1. The molecule has 6 heteroatoms. The van der Waals surface area contributed by atoms with Crippen LogP contribution in [0.2, 0.25) is 0 Å². The van der Waals surface area contributed by atoms with Crippen LogP contribution in [-0.2, 0) is 11.3 Å². The van der Waals surface area contributed by atoms with Gasteiger partial charge in [0.05, 0.1) is 25.9 Å². The van der Waals surface area contributed by atoms with Gasteiger partial charge < -0.3 is 20.5 Å². The summed E-state index contributed by atoms with van der Waals surface area (Å²) in [4.78, 5) is 4.25. The molecule has 0 spiro atoms. The number of halogens is 1. The normalized spacial score (nSPS) is 11.1. The van der Waals surface area contributed by atoms with Crippen LogP contribution in [0.3, 0.4) is 0 Å². The zero-order chi connectivity index (χ0) is 17.2. The van der Waals surface area contributed by atoms with Crippen molar-refractivity contribution in [2.24, 2.45) is 10.7 Å². The molecular weight excluding hydrogens is 429 g/mol. The summed E-state index contributed by atoms with van der Waals surface area (Å²) in [6, 6.07) is 17.7. The molecule has 0 radical (unpaired) electrons. The highest BCUT2D eigenvalue weighted by atomic mass is 127. The van der Waals surface area contributed by atoms with Crippen molar-refractivity contribution in [3.63, 3.8) is 0 Å². The Labute approximate surface area is 166 Å². The number of nitrogens with zero attached hydrogens (tertiary/aromatic N) is 1. The molecule has 0 aliphatic heterocycles. The van der Waals surface area contributed by atoms with Gasteiger partial charge in [0.2, 0.25) is 0 Å². The topological polar surface area (TPSA) is 68.9 Å². The van der Waals surface area contributed by atoms with Crippen LogP contribution < -0.4 is 15.8 Å². The van der Waals surface area contributed by atoms with Gasteiger partial charge in [-0.1, -0.05) is 30.3 Å². The largest absolute Gasteiger partial charge is 0.491 e. The molecule has 0 atom stereocenters. The van der Waals surface area contributed by atoms with E-state index in [0.29, 0.717) is 25.7 Å². The minimum Gasteiger partial charge on any atom is -0.491 e. The fraction of sp³-hybridized carbons (Fsp3) is 0.316. The molecular formula is C19H26IN3O2. The fourth-order valence-corrected chi connectivity index (χ4v) is 2.07. The fourth-order valence-electron chi connectivity index (χ4n) is 2.07. The second kappa shape index (κ2) is 11.7. The Kier molecular flexibility index (Phi) is 9.94. The molecule has 0 bridgehead atoms. The molecule has 5 nitrogen and oxygen atoms in total. The third-order valence-corrected chi connectivity index (χ3v) is 3.13. The van der Waals surface area contributed by atoms with Crippen molar-refractivity contribution in [2.75, 3.05) is 18.5 Å². The zero-order valence-corrected chi connectivity index (χ0v) is 17.0. The Morgan fingerprint density at radius 3 is 2.40 bits per heavy atom. The van der Waals surface area contributed by atoms with E-state index in [1.54, 1.807) is 0 Å². The molecule has 25 heavy (non-hydrogen) atoms. The summed E-state index contributed by atoms with van der Waals surface area (Å²) in [5.41, 5.74) is 7.89. The maximum Gasteiger partial charge on any atom is 0.193 e. The summed E-state index contributed by atoms with van der Waals surface area (Å²) < 4.78 is 11.2. The lowest BCUT2D eigenvalue weighted by Crippen LogP contribution is -2.23. The van der Waals surface area contributed by atoms with E-state index < -0.39 is 0 Å². The summed E-state index contributed by atoms with van der Waals surface area (Å²) in [5, 5.41) is 3.05. The van der Waals surface area contributed by atoms with E-state index in [-0.39, 0.29) is 30.1 Å². The molecule has 0 heterocycles. The number of nitrogens with two attached hydrogens (primary N) is 1. The number of anilines is 1. The van der Waals surface area contributed by atoms with Crippen molar-refractivity contribution >= 4 is 35.6 Å². The molecule has 0 aliphatic rings. The first kappa shape index (κ1) is 21.2. The van der Waals surface area contributed by atoms with Gasteiger partial charge in [0.15, 0.2) is 5.96 Å². The first-order valence-corrected chi connectivity index (χ1v) is 8.09. The van der Waals surface area contributed by atoms with Crippen molar-refractivity contribution in [2.45, 2.75) is 26.6 Å². The molecule has 0 aliphatic carbocycles. The summed E-state index contributed by atoms with van der Waals surface area (Å²) >= 11 is 0. The zero-order valence-electron chi connectivity index (χ0n) is 14.6. The minimum absolute atomic E-state index is 0. The van der Waals surface area contributed by atoms with E-state index in [4.69, 9.17) is 15.2 Å². The van der Waals surface area contributed by atoms with Crippen molar-refractivity contribution in [3.8, 4) is 5.75 Å². The monoisotopic (exact) mass is 455 g/mol. The number of nitrogens with one attached hydrogen (secondary N) is 1. The number of hydrogen-bond donors (Lipinski definition) is 2. The highest BCUT2D eigenvalue weighted by Gasteiger charge is 1.99. The molecule has 0 amide bonds. The lowest BCUT2D eigenvalue weighted by Gasteiger charge is -2.11. The Balaban J connectivity index is 0.00000312. The predicted octanol–water partition coefficient (Wildman–Crippen LogP) is 4.04. The van der Waals surface area contributed by atoms with Gasteiger partial charge in [-0.05, 0) is 43.7 Å². The molecule has 2 aromatic rings. The SMILES string of the molecule is CC(C)Oc1ccc(NC(N)=NCCOCc2ccccc2)cc1.I. The van der Waals surface area contributed by atoms with E-state index in [9.17, 15) is 0 Å². The van der Waals surface area contributed by atoms with Crippen LogP contribution in [0.25, 0.3) is 0 Å². The highest BCUT2D eigenvalue weighted by Crippen LogP contribution is 2.16. The minimum atomic E-state index is 0. The smallest absolute Gasteiger partial charge is 0.193 e. The van der Waals surface area contributed by atoms with Crippen LogP contribution in [0.1, 0.15) is 19.4 Å². The Morgan fingerprint density at radius 1 is 1.08 bits per heavy atom. The van der Waals surface area contributed by atoms with Crippen LogP contribution in [0, 0.1) is 0 Å². The van der Waals surface area contributed by atoms with Gasteiger partial charge in [-0.15, -0.1) is 24.0 Å². The number of hydrogen-bond acceptors (Lipinski definition) is 3. The number of ether oxygens (including phenoxy) is 2. The molecule has 3 N–H and O–H groups in total. The third-order valence-electron chi connectivity index (χ3n) is 3.13. The maximum atomic E-state index is 5.87. The number of guanidine groups is 1. The Morgan fingerprint density at radius 2 is 1.76 bits per heavy atom. The van der Waals surface area contributed by atoms with Gasteiger partial charge in [0, 0.05) is 5.69 Å².